The van der Waals surface area contributed by atoms with Crippen molar-refractivity contribution >= 4 is 23.3 Å². The van der Waals surface area contributed by atoms with E-state index >= 15 is 0 Å². The van der Waals surface area contributed by atoms with Crippen LogP contribution in [0.15, 0.2) is 6.07 Å². The number of esters is 1. The minimum absolute atomic E-state index is 0.0409. The summed E-state index contributed by atoms with van der Waals surface area (Å²) in [6, 6.07) is 1.05. The van der Waals surface area contributed by atoms with Crippen molar-refractivity contribution in [3.05, 3.63) is 34.1 Å². The van der Waals surface area contributed by atoms with Gasteiger partial charge in [-0.3, -0.25) is 4.79 Å². The Hall–Kier alpha value is -1.71. The largest absolute Gasteiger partial charge is 0.466 e. The number of pyridine rings is 1. The van der Waals surface area contributed by atoms with Crippen LogP contribution in [0.5, 0.6) is 0 Å². The van der Waals surface area contributed by atoms with Crippen LogP contribution in [0.4, 0.5) is 10.1 Å². The lowest BCUT2D eigenvalue weighted by Crippen LogP contribution is -2.37. The molecule has 0 aromatic carbocycles. The Morgan fingerprint density at radius 1 is 1.57 bits per heavy atom. The molecule has 0 saturated heterocycles. The van der Waals surface area contributed by atoms with E-state index in [1.165, 1.54) is 7.11 Å². The standard InChI is InChI=1S/C16H20ClFN2O3/c1-6-23-14(21)8-10(16(2,3)22-5)7-12-11(18)9-13(19-4)15(17)20-12/h9-10H,6-8H2,1-3,5H3. The van der Waals surface area contributed by atoms with E-state index in [1.54, 1.807) is 6.92 Å². The van der Waals surface area contributed by atoms with Gasteiger partial charge in [0.2, 0.25) is 5.69 Å². The highest BCUT2D eigenvalue weighted by atomic mass is 35.5. The lowest BCUT2D eigenvalue weighted by atomic mass is 9.84. The summed E-state index contributed by atoms with van der Waals surface area (Å²) in [7, 11) is 1.52. The van der Waals surface area contributed by atoms with Crippen molar-refractivity contribution < 1.29 is 18.7 Å². The van der Waals surface area contributed by atoms with Gasteiger partial charge in [0, 0.05) is 13.0 Å². The molecule has 7 heteroatoms. The molecule has 0 N–H and O–H groups in total. The van der Waals surface area contributed by atoms with Crippen molar-refractivity contribution in [3.8, 4) is 0 Å². The molecule has 1 rings (SSSR count). The van der Waals surface area contributed by atoms with Gasteiger partial charge in [0.15, 0.2) is 0 Å². The van der Waals surface area contributed by atoms with Crippen LogP contribution in [0.3, 0.4) is 0 Å². The van der Waals surface area contributed by atoms with Crippen LogP contribution in [0.1, 0.15) is 32.9 Å². The summed E-state index contributed by atoms with van der Waals surface area (Å²) in [4.78, 5) is 18.9. The first-order valence-electron chi connectivity index (χ1n) is 7.18. The molecule has 0 spiro atoms. The number of aromatic nitrogens is 1. The first-order valence-corrected chi connectivity index (χ1v) is 7.56. The van der Waals surface area contributed by atoms with Crippen LogP contribution >= 0.6 is 11.6 Å². The Balaban J connectivity index is 3.09. The zero-order valence-corrected chi connectivity index (χ0v) is 14.4. The predicted octanol–water partition coefficient (Wildman–Crippen LogP) is 3.96. The molecule has 0 bridgehead atoms. The summed E-state index contributed by atoms with van der Waals surface area (Å²) >= 11 is 5.87. The van der Waals surface area contributed by atoms with Gasteiger partial charge < -0.3 is 9.47 Å². The minimum atomic E-state index is -0.689. The molecule has 126 valence electrons. The maximum atomic E-state index is 14.1. The number of methoxy groups -OCH3 is 1. The molecule has 23 heavy (non-hydrogen) atoms. The molecule has 0 radical (unpaired) electrons. The summed E-state index contributed by atoms with van der Waals surface area (Å²) in [6.07, 6.45) is 0.210. The fourth-order valence-corrected chi connectivity index (χ4v) is 2.30. The van der Waals surface area contributed by atoms with Gasteiger partial charge in [-0.25, -0.2) is 14.2 Å². The molecule has 0 aliphatic heterocycles. The van der Waals surface area contributed by atoms with Gasteiger partial charge in [0.25, 0.3) is 0 Å². The van der Waals surface area contributed by atoms with Crippen LogP contribution in [0.2, 0.25) is 5.15 Å². The lowest BCUT2D eigenvalue weighted by Gasteiger charge is -2.32. The van der Waals surface area contributed by atoms with Gasteiger partial charge in [-0.15, -0.1) is 0 Å². The van der Waals surface area contributed by atoms with E-state index in [-0.39, 0.29) is 47.9 Å². The third-order valence-electron chi connectivity index (χ3n) is 3.77. The fourth-order valence-electron chi connectivity index (χ4n) is 2.10. The van der Waals surface area contributed by atoms with Crippen LogP contribution < -0.4 is 0 Å². The molecule has 1 aromatic heterocycles. The summed E-state index contributed by atoms with van der Waals surface area (Å²) < 4.78 is 24.5. The van der Waals surface area contributed by atoms with Crippen LogP contribution in [0.25, 0.3) is 4.85 Å². The smallest absolute Gasteiger partial charge is 0.306 e. The van der Waals surface area contributed by atoms with Crippen LogP contribution in [-0.4, -0.2) is 30.3 Å². The van der Waals surface area contributed by atoms with E-state index in [4.69, 9.17) is 27.6 Å². The molecular formula is C16H20ClFN2O3. The average Bonchev–Trinajstić information content (AvgIpc) is 2.49. The number of rotatable bonds is 7. The Morgan fingerprint density at radius 3 is 2.74 bits per heavy atom. The highest BCUT2D eigenvalue weighted by molar-refractivity contribution is 6.32. The molecule has 0 aliphatic carbocycles. The molecule has 1 aromatic rings. The molecular weight excluding hydrogens is 323 g/mol. The number of hydrogen-bond acceptors (Lipinski definition) is 4. The van der Waals surface area contributed by atoms with Gasteiger partial charge in [0.05, 0.1) is 30.9 Å². The van der Waals surface area contributed by atoms with Gasteiger partial charge in [0.1, 0.15) is 11.0 Å². The normalized spacial score (nSPS) is 12.6. The van der Waals surface area contributed by atoms with E-state index in [9.17, 15) is 9.18 Å². The number of ether oxygens (including phenoxy) is 2. The predicted molar refractivity (Wildman–Crippen MR) is 85.0 cm³/mol. The van der Waals surface area contributed by atoms with E-state index in [0.29, 0.717) is 0 Å². The number of halogens is 2. The summed E-state index contributed by atoms with van der Waals surface area (Å²) in [5.41, 5.74) is -0.631. The molecule has 1 atom stereocenters. The van der Waals surface area contributed by atoms with Gasteiger partial charge in [-0.05, 0) is 33.3 Å². The summed E-state index contributed by atoms with van der Waals surface area (Å²) in [5, 5.41) is -0.0542. The number of nitrogens with zero attached hydrogens (tertiary/aromatic N) is 2. The quantitative estimate of drug-likeness (QED) is 0.427. The third-order valence-corrected chi connectivity index (χ3v) is 4.05. The van der Waals surface area contributed by atoms with Crippen molar-refractivity contribution in [2.75, 3.05) is 13.7 Å². The van der Waals surface area contributed by atoms with E-state index in [1.807, 2.05) is 13.8 Å². The maximum Gasteiger partial charge on any atom is 0.306 e. The molecule has 0 saturated carbocycles. The molecule has 1 heterocycles. The fraction of sp³-hybridized carbons (Fsp3) is 0.562. The second kappa shape index (κ2) is 8.23. The minimum Gasteiger partial charge on any atom is -0.466 e. The first-order chi connectivity index (χ1) is 10.7. The summed E-state index contributed by atoms with van der Waals surface area (Å²) in [5.74, 6) is -1.36. The highest BCUT2D eigenvalue weighted by Crippen LogP contribution is 2.31. The van der Waals surface area contributed by atoms with Crippen molar-refractivity contribution in [2.45, 2.75) is 39.2 Å². The van der Waals surface area contributed by atoms with Gasteiger partial charge in [-0.2, -0.15) is 0 Å². The van der Waals surface area contributed by atoms with Crippen LogP contribution in [0, 0.1) is 18.3 Å². The Bertz CT molecular complexity index is 614. The number of carbonyl (C=O) groups is 1. The second-order valence-corrected chi connectivity index (χ2v) is 5.91. The Kier molecular flexibility index (Phi) is 6.92. The van der Waals surface area contributed by atoms with Crippen molar-refractivity contribution in [3.63, 3.8) is 0 Å². The maximum absolute atomic E-state index is 14.1. The summed E-state index contributed by atoms with van der Waals surface area (Å²) in [6.45, 7) is 12.5. The zero-order chi connectivity index (χ0) is 17.6. The van der Waals surface area contributed by atoms with E-state index in [2.05, 4.69) is 9.83 Å². The molecule has 5 nitrogen and oxygen atoms in total. The third kappa shape index (κ3) is 5.15. The topological polar surface area (TPSA) is 52.8 Å². The molecule has 1 unspecified atom stereocenters. The van der Waals surface area contributed by atoms with Gasteiger partial charge in [-0.1, -0.05) is 11.6 Å². The zero-order valence-electron chi connectivity index (χ0n) is 13.7. The lowest BCUT2D eigenvalue weighted by molar-refractivity contribution is -0.147. The van der Waals surface area contributed by atoms with E-state index in [0.717, 1.165) is 6.07 Å². The first kappa shape index (κ1) is 19.3. The number of hydrogen-bond donors (Lipinski definition) is 0. The van der Waals surface area contributed by atoms with Crippen molar-refractivity contribution in [2.24, 2.45) is 5.92 Å². The highest BCUT2D eigenvalue weighted by Gasteiger charge is 2.33. The number of carbonyl (C=O) groups excluding carboxylic acids is 1. The van der Waals surface area contributed by atoms with Crippen molar-refractivity contribution in [1.82, 2.24) is 4.98 Å². The Labute approximate surface area is 140 Å². The monoisotopic (exact) mass is 342 g/mol. The van der Waals surface area contributed by atoms with Crippen LogP contribution in [-0.2, 0) is 20.7 Å². The SMILES string of the molecule is [C-]#[N+]c1cc(F)c(CC(CC(=O)OCC)C(C)(C)OC)nc1Cl. The average molecular weight is 343 g/mol. The molecule has 0 aliphatic rings. The van der Waals surface area contributed by atoms with E-state index < -0.39 is 11.4 Å². The Morgan fingerprint density at radius 2 is 2.22 bits per heavy atom. The van der Waals surface area contributed by atoms with Crippen molar-refractivity contribution in [1.29, 1.82) is 0 Å². The molecule has 0 amide bonds. The molecule has 0 fully saturated rings. The van der Waals surface area contributed by atoms with Gasteiger partial charge >= 0.3 is 5.97 Å². The second-order valence-electron chi connectivity index (χ2n) is 5.56.